The van der Waals surface area contributed by atoms with Crippen molar-refractivity contribution >= 4 is 17.1 Å². The third kappa shape index (κ3) is 3.25. The van der Waals surface area contributed by atoms with Crippen molar-refractivity contribution < 1.29 is 13.6 Å². The van der Waals surface area contributed by atoms with Gasteiger partial charge in [-0.05, 0) is 13.0 Å². The van der Waals surface area contributed by atoms with Crippen molar-refractivity contribution in [1.82, 2.24) is 24.0 Å². The first-order chi connectivity index (χ1) is 12.7. The molecule has 0 aliphatic carbocycles. The van der Waals surface area contributed by atoms with Crippen LogP contribution in [0, 0.1) is 11.6 Å². The second kappa shape index (κ2) is 6.78. The van der Waals surface area contributed by atoms with Crippen molar-refractivity contribution in [2.45, 2.75) is 19.5 Å². The third-order valence-corrected chi connectivity index (χ3v) is 4.34. The molecule has 3 aromatic rings. The fourth-order valence-corrected chi connectivity index (χ4v) is 2.89. The number of halogens is 2. The van der Waals surface area contributed by atoms with Crippen LogP contribution in [-0.2, 0) is 25.4 Å². The first-order valence-corrected chi connectivity index (χ1v) is 8.06. The summed E-state index contributed by atoms with van der Waals surface area (Å²) in [6, 6.07) is 2.40. The van der Waals surface area contributed by atoms with Gasteiger partial charge in [-0.1, -0.05) is 6.07 Å². The number of hydrogen-bond donors (Lipinski definition) is 1. The van der Waals surface area contributed by atoms with E-state index in [1.165, 1.54) is 35.6 Å². The van der Waals surface area contributed by atoms with Gasteiger partial charge < -0.3 is 9.88 Å². The molecule has 1 amide bonds. The molecule has 0 aliphatic rings. The van der Waals surface area contributed by atoms with E-state index in [-0.39, 0.29) is 23.3 Å². The van der Waals surface area contributed by atoms with Crippen molar-refractivity contribution in [3.05, 3.63) is 62.6 Å². The maximum absolute atomic E-state index is 13.8. The van der Waals surface area contributed by atoms with Gasteiger partial charge in [-0.15, -0.1) is 0 Å². The number of carbonyl (C=O) groups is 1. The van der Waals surface area contributed by atoms with Gasteiger partial charge in [0.1, 0.15) is 18.2 Å². The van der Waals surface area contributed by atoms with Gasteiger partial charge in [-0.25, -0.2) is 18.6 Å². The van der Waals surface area contributed by atoms with Gasteiger partial charge in [-0.2, -0.15) is 0 Å². The number of rotatable bonds is 4. The number of nitrogens with zero attached hydrogens (tertiary/aromatic N) is 4. The summed E-state index contributed by atoms with van der Waals surface area (Å²) >= 11 is 0. The van der Waals surface area contributed by atoms with E-state index >= 15 is 0 Å². The second-order valence-electron chi connectivity index (χ2n) is 6.21. The van der Waals surface area contributed by atoms with E-state index in [0.29, 0.717) is 0 Å². The molecular formula is C17H17F2N5O3. The van der Waals surface area contributed by atoms with Crippen molar-refractivity contribution in [3.63, 3.8) is 0 Å². The lowest BCUT2D eigenvalue weighted by Crippen LogP contribution is -2.38. The minimum atomic E-state index is -0.764. The van der Waals surface area contributed by atoms with Crippen LogP contribution in [0.15, 0.2) is 34.1 Å². The number of carbonyl (C=O) groups excluding carboxylic acids is 1. The molecule has 0 saturated heterocycles. The van der Waals surface area contributed by atoms with Gasteiger partial charge in [-0.3, -0.25) is 18.7 Å². The average molecular weight is 377 g/mol. The Balaban J connectivity index is 1.86. The standard InChI is InChI=1S/C17H17F2N5O3/c1-9(11-5-4-10(18)6-12(11)19)21-13(25)7-24-8-20-15-14(24)16(26)23(3)17(27)22(15)2/h4-6,8-9H,7H2,1-3H3,(H,21,25)/t9-/m0/s1. The van der Waals surface area contributed by atoms with Crippen LogP contribution < -0.4 is 16.6 Å². The van der Waals surface area contributed by atoms with Crippen LogP contribution in [0.2, 0.25) is 0 Å². The zero-order valence-corrected chi connectivity index (χ0v) is 14.9. The lowest BCUT2D eigenvalue weighted by Gasteiger charge is -2.15. The number of fused-ring (bicyclic) bond motifs is 1. The molecule has 10 heteroatoms. The summed E-state index contributed by atoms with van der Waals surface area (Å²) in [7, 11) is 2.81. The molecule has 8 nitrogen and oxygen atoms in total. The molecule has 142 valence electrons. The van der Waals surface area contributed by atoms with Crippen LogP contribution in [0.4, 0.5) is 8.78 Å². The van der Waals surface area contributed by atoms with E-state index in [0.717, 1.165) is 16.7 Å². The fourth-order valence-electron chi connectivity index (χ4n) is 2.89. The predicted molar refractivity (Wildman–Crippen MR) is 93.1 cm³/mol. The Kier molecular flexibility index (Phi) is 4.64. The molecule has 1 N–H and O–H groups in total. The van der Waals surface area contributed by atoms with Crippen LogP contribution in [0.1, 0.15) is 18.5 Å². The Morgan fingerprint density at radius 3 is 2.59 bits per heavy atom. The molecule has 0 bridgehead atoms. The molecule has 1 aromatic carbocycles. The zero-order valence-electron chi connectivity index (χ0n) is 14.9. The summed E-state index contributed by atoms with van der Waals surface area (Å²) < 4.78 is 30.3. The number of aromatic nitrogens is 4. The molecule has 27 heavy (non-hydrogen) atoms. The van der Waals surface area contributed by atoms with Crippen LogP contribution >= 0.6 is 0 Å². The minimum absolute atomic E-state index is 0.107. The van der Waals surface area contributed by atoms with Crippen LogP contribution in [0.3, 0.4) is 0 Å². The third-order valence-electron chi connectivity index (χ3n) is 4.34. The number of imidazole rings is 1. The molecular weight excluding hydrogens is 360 g/mol. The summed E-state index contributed by atoms with van der Waals surface area (Å²) in [4.78, 5) is 40.6. The molecule has 2 aromatic heterocycles. The van der Waals surface area contributed by atoms with Gasteiger partial charge in [0.15, 0.2) is 11.2 Å². The molecule has 1 atom stereocenters. The first-order valence-electron chi connectivity index (χ1n) is 8.06. The highest BCUT2D eigenvalue weighted by molar-refractivity contribution is 5.79. The van der Waals surface area contributed by atoms with E-state index in [9.17, 15) is 23.2 Å². The molecule has 2 heterocycles. The predicted octanol–water partition coefficient (Wildman–Crippen LogP) is 0.589. The monoisotopic (exact) mass is 377 g/mol. The second-order valence-corrected chi connectivity index (χ2v) is 6.21. The molecule has 0 unspecified atom stereocenters. The molecule has 3 rings (SSSR count). The maximum Gasteiger partial charge on any atom is 0.332 e. The van der Waals surface area contributed by atoms with Crippen LogP contribution in [0.5, 0.6) is 0 Å². The fraction of sp³-hybridized carbons (Fsp3) is 0.294. The summed E-state index contributed by atoms with van der Waals surface area (Å²) in [5, 5.41) is 2.59. The van der Waals surface area contributed by atoms with E-state index in [1.807, 2.05) is 0 Å². The highest BCUT2D eigenvalue weighted by Crippen LogP contribution is 2.17. The van der Waals surface area contributed by atoms with E-state index in [2.05, 4.69) is 10.3 Å². The topological polar surface area (TPSA) is 90.9 Å². The highest BCUT2D eigenvalue weighted by Gasteiger charge is 2.18. The summed E-state index contributed by atoms with van der Waals surface area (Å²) in [5.41, 5.74) is -0.693. The van der Waals surface area contributed by atoms with Crippen molar-refractivity contribution in [2.24, 2.45) is 14.1 Å². The Labute approximate surface area is 151 Å². The number of aryl methyl sites for hydroxylation is 1. The van der Waals surface area contributed by atoms with Gasteiger partial charge in [0.2, 0.25) is 5.91 Å². The summed E-state index contributed by atoms with van der Waals surface area (Å²) in [5.74, 6) is -1.97. The summed E-state index contributed by atoms with van der Waals surface area (Å²) in [6.07, 6.45) is 1.29. The smallest absolute Gasteiger partial charge is 0.332 e. The number of amides is 1. The molecule has 0 spiro atoms. The van der Waals surface area contributed by atoms with E-state index in [4.69, 9.17) is 0 Å². The Morgan fingerprint density at radius 2 is 1.93 bits per heavy atom. The normalized spacial score (nSPS) is 12.3. The highest BCUT2D eigenvalue weighted by atomic mass is 19.1. The molecule has 0 saturated carbocycles. The Morgan fingerprint density at radius 1 is 1.22 bits per heavy atom. The van der Waals surface area contributed by atoms with Crippen molar-refractivity contribution in [1.29, 1.82) is 0 Å². The lowest BCUT2D eigenvalue weighted by molar-refractivity contribution is -0.122. The Bertz CT molecular complexity index is 1160. The number of benzene rings is 1. The molecule has 0 radical (unpaired) electrons. The van der Waals surface area contributed by atoms with Gasteiger partial charge in [0.05, 0.1) is 12.4 Å². The first kappa shape index (κ1) is 18.5. The lowest BCUT2D eigenvalue weighted by atomic mass is 10.1. The van der Waals surface area contributed by atoms with Gasteiger partial charge >= 0.3 is 5.69 Å². The number of nitrogens with one attached hydrogen (secondary N) is 1. The quantitative estimate of drug-likeness (QED) is 0.721. The molecule has 0 fully saturated rings. The number of hydrogen-bond acceptors (Lipinski definition) is 4. The van der Waals surface area contributed by atoms with Crippen molar-refractivity contribution in [2.75, 3.05) is 0 Å². The van der Waals surface area contributed by atoms with Crippen molar-refractivity contribution in [3.8, 4) is 0 Å². The van der Waals surface area contributed by atoms with Crippen LogP contribution in [-0.4, -0.2) is 24.6 Å². The van der Waals surface area contributed by atoms with Gasteiger partial charge in [0, 0.05) is 25.7 Å². The zero-order chi connectivity index (χ0) is 19.9. The van der Waals surface area contributed by atoms with Crippen LogP contribution in [0.25, 0.3) is 11.2 Å². The maximum atomic E-state index is 13.8. The van der Waals surface area contributed by atoms with E-state index in [1.54, 1.807) is 6.92 Å². The summed E-state index contributed by atoms with van der Waals surface area (Å²) in [6.45, 7) is 1.31. The van der Waals surface area contributed by atoms with E-state index < -0.39 is 34.8 Å². The Hall–Kier alpha value is -3.30. The average Bonchev–Trinajstić information content (AvgIpc) is 3.01. The minimum Gasteiger partial charge on any atom is -0.348 e. The van der Waals surface area contributed by atoms with Gasteiger partial charge in [0.25, 0.3) is 5.56 Å². The SMILES string of the molecule is C[C@H](NC(=O)Cn1cnc2c1c(=O)n(C)c(=O)n2C)c1ccc(F)cc1F. The molecule has 0 aliphatic heterocycles. The largest absolute Gasteiger partial charge is 0.348 e.